The van der Waals surface area contributed by atoms with Gasteiger partial charge < -0.3 is 9.84 Å². The number of hydrogen-bond donors (Lipinski definition) is 1. The van der Waals surface area contributed by atoms with Crippen LogP contribution in [0.5, 0.6) is 11.5 Å². The Morgan fingerprint density at radius 2 is 2.29 bits per heavy atom. The molecule has 0 fully saturated rings. The van der Waals surface area contributed by atoms with Crippen LogP contribution in [0.2, 0.25) is 0 Å². The Labute approximate surface area is 81.6 Å². The molecule has 1 aliphatic rings. The molecule has 1 unspecified atom stereocenters. The average Bonchev–Trinajstić information content (AvgIpc) is 2.23. The van der Waals surface area contributed by atoms with Crippen molar-refractivity contribution in [2.75, 3.05) is 0 Å². The van der Waals surface area contributed by atoms with Gasteiger partial charge in [0.15, 0.2) is 11.5 Å². The highest BCUT2D eigenvalue weighted by Gasteiger charge is 2.19. The Bertz CT molecular complexity index is 385. The van der Waals surface area contributed by atoms with Crippen molar-refractivity contribution < 1.29 is 14.2 Å². The van der Waals surface area contributed by atoms with E-state index in [4.69, 9.17) is 4.74 Å². The molecule has 74 valence electrons. The minimum atomic E-state index is -0.372. The van der Waals surface area contributed by atoms with Crippen molar-refractivity contribution in [2.24, 2.45) is 0 Å². The number of rotatable bonds is 1. The molecule has 1 heterocycles. The Hall–Kier alpha value is -1.51. The number of fused-ring (bicyclic) bond motifs is 1. The summed E-state index contributed by atoms with van der Waals surface area (Å²) in [5, 5.41) is 9.47. The van der Waals surface area contributed by atoms with Gasteiger partial charge in [-0.1, -0.05) is 6.92 Å². The lowest BCUT2D eigenvalue weighted by atomic mass is 10.1. The first-order valence-corrected chi connectivity index (χ1v) is 4.58. The first-order valence-electron chi connectivity index (χ1n) is 4.58. The van der Waals surface area contributed by atoms with Crippen molar-refractivity contribution in [3.05, 3.63) is 29.6 Å². The second-order valence-electron chi connectivity index (χ2n) is 3.23. The zero-order valence-corrected chi connectivity index (χ0v) is 7.83. The standard InChI is InChI=1S/C11H11FO2/c1-2-7-3-4-8-9(12)5-6-10(13)11(8)14-7/h3-7,13H,2H2,1H3. The van der Waals surface area contributed by atoms with Gasteiger partial charge in [0, 0.05) is 0 Å². The fourth-order valence-electron chi connectivity index (χ4n) is 1.46. The molecule has 1 N–H and O–H groups in total. The largest absolute Gasteiger partial charge is 0.504 e. The van der Waals surface area contributed by atoms with E-state index in [-0.39, 0.29) is 23.4 Å². The third kappa shape index (κ3) is 1.35. The van der Waals surface area contributed by atoms with Crippen molar-refractivity contribution in [1.29, 1.82) is 0 Å². The van der Waals surface area contributed by atoms with Crippen LogP contribution < -0.4 is 4.74 Å². The van der Waals surface area contributed by atoms with E-state index < -0.39 is 0 Å². The molecule has 1 aromatic carbocycles. The lowest BCUT2D eigenvalue weighted by molar-refractivity contribution is 0.229. The van der Waals surface area contributed by atoms with Crippen LogP contribution in [0.15, 0.2) is 18.2 Å². The zero-order chi connectivity index (χ0) is 10.1. The second-order valence-corrected chi connectivity index (χ2v) is 3.23. The maximum absolute atomic E-state index is 13.2. The molecular formula is C11H11FO2. The minimum absolute atomic E-state index is 0.01000. The number of benzene rings is 1. The first kappa shape index (κ1) is 9.06. The van der Waals surface area contributed by atoms with Crippen molar-refractivity contribution in [1.82, 2.24) is 0 Å². The minimum Gasteiger partial charge on any atom is -0.504 e. The van der Waals surface area contributed by atoms with Gasteiger partial charge in [-0.2, -0.15) is 0 Å². The molecule has 0 aliphatic carbocycles. The fraction of sp³-hybridized carbons (Fsp3) is 0.273. The quantitative estimate of drug-likeness (QED) is 0.744. The van der Waals surface area contributed by atoms with Crippen molar-refractivity contribution in [3.8, 4) is 11.5 Å². The normalized spacial score (nSPS) is 18.9. The van der Waals surface area contributed by atoms with Crippen LogP contribution in [0.25, 0.3) is 6.08 Å². The summed E-state index contributed by atoms with van der Waals surface area (Å²) in [5.41, 5.74) is 0.328. The first-order chi connectivity index (χ1) is 6.72. The van der Waals surface area contributed by atoms with Crippen LogP contribution in [0.1, 0.15) is 18.9 Å². The Morgan fingerprint density at radius 3 is 3.00 bits per heavy atom. The number of phenols is 1. The highest BCUT2D eigenvalue weighted by atomic mass is 19.1. The maximum atomic E-state index is 13.2. The Balaban J connectivity index is 2.49. The molecule has 1 atom stereocenters. The Kier molecular flexibility index (Phi) is 2.15. The number of halogens is 1. The van der Waals surface area contributed by atoms with Gasteiger partial charge in [-0.15, -0.1) is 0 Å². The molecule has 1 aliphatic heterocycles. The van der Waals surface area contributed by atoms with Crippen LogP contribution in [0.4, 0.5) is 4.39 Å². The molecule has 0 bridgehead atoms. The van der Waals surface area contributed by atoms with E-state index in [1.165, 1.54) is 12.1 Å². The van der Waals surface area contributed by atoms with Crippen LogP contribution in [-0.2, 0) is 0 Å². The van der Waals surface area contributed by atoms with Gasteiger partial charge in [-0.3, -0.25) is 0 Å². The molecule has 0 spiro atoms. The molecule has 14 heavy (non-hydrogen) atoms. The van der Waals surface area contributed by atoms with E-state index in [1.54, 1.807) is 12.2 Å². The predicted molar refractivity (Wildman–Crippen MR) is 51.8 cm³/mol. The molecule has 2 nitrogen and oxygen atoms in total. The van der Waals surface area contributed by atoms with Crippen LogP contribution in [0.3, 0.4) is 0 Å². The summed E-state index contributed by atoms with van der Waals surface area (Å²) in [7, 11) is 0. The van der Waals surface area contributed by atoms with Crippen LogP contribution in [0, 0.1) is 5.82 Å². The molecule has 0 radical (unpaired) electrons. The monoisotopic (exact) mass is 194 g/mol. The third-order valence-corrected chi connectivity index (χ3v) is 2.27. The molecule has 0 saturated carbocycles. The molecular weight excluding hydrogens is 183 g/mol. The number of hydrogen-bond acceptors (Lipinski definition) is 2. The van der Waals surface area contributed by atoms with E-state index in [0.29, 0.717) is 5.56 Å². The van der Waals surface area contributed by atoms with Gasteiger partial charge in [0.1, 0.15) is 11.9 Å². The predicted octanol–water partition coefficient (Wildman–Crippen LogP) is 2.72. The lowest BCUT2D eigenvalue weighted by Crippen LogP contribution is -2.16. The van der Waals surface area contributed by atoms with E-state index in [0.717, 1.165) is 6.42 Å². The summed E-state index contributed by atoms with van der Waals surface area (Å²) in [4.78, 5) is 0. The van der Waals surface area contributed by atoms with Gasteiger partial charge >= 0.3 is 0 Å². The lowest BCUT2D eigenvalue weighted by Gasteiger charge is -2.21. The number of aromatic hydroxyl groups is 1. The summed E-state index contributed by atoms with van der Waals surface area (Å²) in [6, 6.07) is 2.54. The molecule has 2 rings (SSSR count). The summed E-state index contributed by atoms with van der Waals surface area (Å²) in [5.74, 6) is -0.132. The van der Waals surface area contributed by atoms with Crippen molar-refractivity contribution in [3.63, 3.8) is 0 Å². The SMILES string of the molecule is CCC1C=Cc2c(F)ccc(O)c2O1. The maximum Gasteiger partial charge on any atom is 0.171 e. The van der Waals surface area contributed by atoms with E-state index >= 15 is 0 Å². The second kappa shape index (κ2) is 3.33. The van der Waals surface area contributed by atoms with Crippen LogP contribution in [-0.4, -0.2) is 11.2 Å². The molecule has 1 aromatic rings. The molecule has 0 amide bonds. The summed E-state index contributed by atoms with van der Waals surface area (Å²) in [6.45, 7) is 1.97. The zero-order valence-electron chi connectivity index (χ0n) is 7.83. The average molecular weight is 194 g/mol. The highest BCUT2D eigenvalue weighted by molar-refractivity contribution is 5.64. The number of phenolic OH excluding ortho intramolecular Hbond substituents is 1. The van der Waals surface area contributed by atoms with Crippen molar-refractivity contribution in [2.45, 2.75) is 19.4 Å². The summed E-state index contributed by atoms with van der Waals surface area (Å²) >= 11 is 0. The molecule has 0 aromatic heterocycles. The summed E-state index contributed by atoms with van der Waals surface area (Å²) in [6.07, 6.45) is 4.17. The van der Waals surface area contributed by atoms with E-state index in [9.17, 15) is 9.50 Å². The molecule has 0 saturated heterocycles. The van der Waals surface area contributed by atoms with E-state index in [1.807, 2.05) is 6.92 Å². The summed E-state index contributed by atoms with van der Waals surface area (Å²) < 4.78 is 18.7. The van der Waals surface area contributed by atoms with E-state index in [2.05, 4.69) is 0 Å². The fourth-order valence-corrected chi connectivity index (χ4v) is 1.46. The molecule has 3 heteroatoms. The van der Waals surface area contributed by atoms with Crippen molar-refractivity contribution >= 4 is 6.08 Å². The third-order valence-electron chi connectivity index (χ3n) is 2.27. The van der Waals surface area contributed by atoms with Gasteiger partial charge in [-0.25, -0.2) is 4.39 Å². The van der Waals surface area contributed by atoms with Gasteiger partial charge in [0.2, 0.25) is 0 Å². The van der Waals surface area contributed by atoms with Gasteiger partial charge in [0.25, 0.3) is 0 Å². The highest BCUT2D eigenvalue weighted by Crippen LogP contribution is 2.36. The van der Waals surface area contributed by atoms with Gasteiger partial charge in [0.05, 0.1) is 5.56 Å². The number of ether oxygens (including phenoxy) is 1. The van der Waals surface area contributed by atoms with Crippen LogP contribution >= 0.6 is 0 Å². The smallest absolute Gasteiger partial charge is 0.171 e. The topological polar surface area (TPSA) is 29.5 Å². The Morgan fingerprint density at radius 1 is 1.50 bits per heavy atom. The van der Waals surface area contributed by atoms with Gasteiger partial charge in [-0.05, 0) is 30.7 Å².